The Balaban J connectivity index is 2.32. The molecule has 0 saturated carbocycles. The number of hydrogen-bond donors (Lipinski definition) is 1. The van der Waals surface area contributed by atoms with Crippen LogP contribution in [0.15, 0.2) is 36.4 Å². The number of rotatable bonds is 2. The molecule has 0 aromatic heterocycles. The van der Waals surface area contributed by atoms with E-state index in [-0.39, 0.29) is 5.82 Å². The van der Waals surface area contributed by atoms with E-state index in [1.807, 2.05) is 26.0 Å². The van der Waals surface area contributed by atoms with Crippen molar-refractivity contribution in [3.05, 3.63) is 64.5 Å². The molecule has 0 unspecified atom stereocenters. The van der Waals surface area contributed by atoms with E-state index in [4.69, 9.17) is 0 Å². The fourth-order valence-corrected chi connectivity index (χ4v) is 2.00. The van der Waals surface area contributed by atoms with E-state index in [2.05, 4.69) is 0 Å². The first-order chi connectivity index (χ1) is 8.06. The predicted octanol–water partition coefficient (Wildman–Crippen LogP) is 3.74. The first kappa shape index (κ1) is 11.6. The summed E-state index contributed by atoms with van der Waals surface area (Å²) < 4.78 is 12.8. The van der Waals surface area contributed by atoms with Gasteiger partial charge >= 0.3 is 0 Å². The van der Waals surface area contributed by atoms with E-state index in [0.29, 0.717) is 12.2 Å². The third-order valence-corrected chi connectivity index (χ3v) is 2.83. The van der Waals surface area contributed by atoms with Gasteiger partial charge in [0.1, 0.15) is 11.6 Å². The van der Waals surface area contributed by atoms with Crippen LogP contribution >= 0.6 is 0 Å². The fraction of sp³-hybridized carbons (Fsp3) is 0.200. The molecule has 2 aromatic carbocycles. The van der Waals surface area contributed by atoms with Gasteiger partial charge in [-0.05, 0) is 42.7 Å². The maximum Gasteiger partial charge on any atom is 0.123 e. The molecule has 0 radical (unpaired) electrons. The van der Waals surface area contributed by atoms with Gasteiger partial charge < -0.3 is 5.11 Å². The first-order valence-corrected chi connectivity index (χ1v) is 5.60. The van der Waals surface area contributed by atoms with Gasteiger partial charge in [-0.15, -0.1) is 0 Å². The van der Waals surface area contributed by atoms with Crippen molar-refractivity contribution < 1.29 is 9.50 Å². The Labute approximate surface area is 101 Å². The fourth-order valence-electron chi connectivity index (χ4n) is 2.00. The largest absolute Gasteiger partial charge is 0.507 e. The normalized spacial score (nSPS) is 10.5. The smallest absolute Gasteiger partial charge is 0.123 e. The molecular formula is C15H15FO. The molecule has 88 valence electrons. The van der Waals surface area contributed by atoms with Crippen molar-refractivity contribution in [2.75, 3.05) is 0 Å². The molecule has 0 spiro atoms. The van der Waals surface area contributed by atoms with Crippen molar-refractivity contribution in [2.45, 2.75) is 20.3 Å². The highest BCUT2D eigenvalue weighted by molar-refractivity contribution is 5.44. The average molecular weight is 230 g/mol. The molecule has 2 aromatic rings. The van der Waals surface area contributed by atoms with Crippen LogP contribution in [-0.4, -0.2) is 5.11 Å². The zero-order chi connectivity index (χ0) is 12.4. The second-order valence-corrected chi connectivity index (χ2v) is 4.39. The topological polar surface area (TPSA) is 20.2 Å². The molecular weight excluding hydrogens is 215 g/mol. The molecule has 17 heavy (non-hydrogen) atoms. The van der Waals surface area contributed by atoms with Crippen molar-refractivity contribution >= 4 is 0 Å². The molecule has 0 fully saturated rings. The standard InChI is InChI=1S/C15H15FO/c1-10-7-11(2)15(17)13(8-10)9-12-3-5-14(16)6-4-12/h3-8,17H,9H2,1-2H3. The second kappa shape index (κ2) is 4.58. The molecule has 1 N–H and O–H groups in total. The van der Waals surface area contributed by atoms with Crippen LogP contribution in [0.4, 0.5) is 4.39 Å². The molecule has 0 aliphatic carbocycles. The van der Waals surface area contributed by atoms with Crippen LogP contribution in [0, 0.1) is 19.7 Å². The Morgan fingerprint density at radius 3 is 2.35 bits per heavy atom. The van der Waals surface area contributed by atoms with Crippen LogP contribution in [0.2, 0.25) is 0 Å². The zero-order valence-corrected chi connectivity index (χ0v) is 10.00. The Hall–Kier alpha value is -1.83. The summed E-state index contributed by atoms with van der Waals surface area (Å²) in [5.74, 6) is 0.0957. The average Bonchev–Trinajstić information content (AvgIpc) is 2.28. The van der Waals surface area contributed by atoms with Crippen molar-refractivity contribution in [1.29, 1.82) is 0 Å². The summed E-state index contributed by atoms with van der Waals surface area (Å²) in [6.45, 7) is 3.89. The van der Waals surface area contributed by atoms with Crippen LogP contribution in [0.25, 0.3) is 0 Å². The van der Waals surface area contributed by atoms with Crippen molar-refractivity contribution in [3.8, 4) is 5.75 Å². The lowest BCUT2D eigenvalue weighted by molar-refractivity contribution is 0.465. The van der Waals surface area contributed by atoms with E-state index in [0.717, 1.165) is 22.3 Å². The minimum absolute atomic E-state index is 0.238. The summed E-state index contributed by atoms with van der Waals surface area (Å²) in [6.07, 6.45) is 0.620. The van der Waals surface area contributed by atoms with Gasteiger partial charge in [-0.1, -0.05) is 29.8 Å². The number of aryl methyl sites for hydroxylation is 2. The number of benzene rings is 2. The highest BCUT2D eigenvalue weighted by Gasteiger charge is 2.06. The second-order valence-electron chi connectivity index (χ2n) is 4.39. The van der Waals surface area contributed by atoms with Gasteiger partial charge in [0.25, 0.3) is 0 Å². The Morgan fingerprint density at radius 1 is 1.06 bits per heavy atom. The summed E-state index contributed by atoms with van der Waals surface area (Å²) in [5, 5.41) is 9.96. The first-order valence-electron chi connectivity index (χ1n) is 5.60. The Kier molecular flexibility index (Phi) is 3.14. The zero-order valence-electron chi connectivity index (χ0n) is 10.00. The van der Waals surface area contributed by atoms with Gasteiger partial charge in [0.05, 0.1) is 0 Å². The van der Waals surface area contributed by atoms with E-state index in [1.165, 1.54) is 12.1 Å². The number of hydrogen-bond acceptors (Lipinski definition) is 1. The van der Waals surface area contributed by atoms with Crippen LogP contribution in [0.3, 0.4) is 0 Å². The van der Waals surface area contributed by atoms with Crippen molar-refractivity contribution in [2.24, 2.45) is 0 Å². The van der Waals surface area contributed by atoms with E-state index < -0.39 is 0 Å². The third kappa shape index (κ3) is 2.64. The number of aromatic hydroxyl groups is 1. The van der Waals surface area contributed by atoms with E-state index >= 15 is 0 Å². The lowest BCUT2D eigenvalue weighted by Crippen LogP contribution is -1.92. The molecule has 0 bridgehead atoms. The van der Waals surface area contributed by atoms with Crippen molar-refractivity contribution in [1.82, 2.24) is 0 Å². The van der Waals surface area contributed by atoms with Gasteiger partial charge in [0.2, 0.25) is 0 Å². The minimum atomic E-state index is -0.238. The van der Waals surface area contributed by atoms with Gasteiger partial charge in [-0.25, -0.2) is 4.39 Å². The summed E-state index contributed by atoms with van der Waals surface area (Å²) in [5.41, 5.74) is 3.88. The molecule has 0 aliphatic heterocycles. The van der Waals surface area contributed by atoms with Crippen LogP contribution in [0.5, 0.6) is 5.75 Å². The molecule has 2 heteroatoms. The molecule has 0 aliphatic rings. The van der Waals surface area contributed by atoms with Gasteiger partial charge in [0.15, 0.2) is 0 Å². The molecule has 0 saturated heterocycles. The number of phenols is 1. The van der Waals surface area contributed by atoms with E-state index in [1.54, 1.807) is 12.1 Å². The highest BCUT2D eigenvalue weighted by Crippen LogP contribution is 2.26. The number of phenolic OH excluding ortho intramolecular Hbond substituents is 1. The predicted molar refractivity (Wildman–Crippen MR) is 66.8 cm³/mol. The summed E-state index contributed by atoms with van der Waals surface area (Å²) in [7, 11) is 0. The van der Waals surface area contributed by atoms with Crippen LogP contribution < -0.4 is 0 Å². The van der Waals surface area contributed by atoms with Crippen molar-refractivity contribution in [3.63, 3.8) is 0 Å². The summed E-state index contributed by atoms with van der Waals surface area (Å²) in [6, 6.07) is 10.3. The third-order valence-electron chi connectivity index (χ3n) is 2.83. The summed E-state index contributed by atoms with van der Waals surface area (Å²) >= 11 is 0. The SMILES string of the molecule is Cc1cc(C)c(O)c(Cc2ccc(F)cc2)c1. The molecule has 2 rings (SSSR count). The molecule has 1 nitrogen and oxygen atoms in total. The minimum Gasteiger partial charge on any atom is -0.507 e. The van der Waals surface area contributed by atoms with Crippen LogP contribution in [-0.2, 0) is 6.42 Å². The molecule has 0 heterocycles. The maximum absolute atomic E-state index is 12.8. The highest BCUT2D eigenvalue weighted by atomic mass is 19.1. The Morgan fingerprint density at radius 2 is 1.71 bits per heavy atom. The lowest BCUT2D eigenvalue weighted by Gasteiger charge is -2.09. The molecule has 0 atom stereocenters. The molecule has 0 amide bonds. The summed E-state index contributed by atoms with van der Waals surface area (Å²) in [4.78, 5) is 0. The van der Waals surface area contributed by atoms with Gasteiger partial charge in [-0.2, -0.15) is 0 Å². The Bertz CT molecular complexity index is 529. The van der Waals surface area contributed by atoms with E-state index in [9.17, 15) is 9.50 Å². The maximum atomic E-state index is 12.8. The number of halogens is 1. The monoisotopic (exact) mass is 230 g/mol. The van der Waals surface area contributed by atoms with Gasteiger partial charge in [-0.3, -0.25) is 0 Å². The lowest BCUT2D eigenvalue weighted by atomic mass is 9.99. The van der Waals surface area contributed by atoms with Crippen LogP contribution in [0.1, 0.15) is 22.3 Å². The van der Waals surface area contributed by atoms with Gasteiger partial charge in [0, 0.05) is 6.42 Å². The quantitative estimate of drug-likeness (QED) is 0.833.